The lowest BCUT2D eigenvalue weighted by atomic mass is 10.1. The third-order valence-electron chi connectivity index (χ3n) is 4.99. The highest BCUT2D eigenvalue weighted by Crippen LogP contribution is 2.33. The van der Waals surface area contributed by atoms with Crippen LogP contribution in [0.1, 0.15) is 16.7 Å². The Morgan fingerprint density at radius 2 is 1.77 bits per heavy atom. The molecule has 31 heavy (non-hydrogen) atoms. The van der Waals surface area contributed by atoms with E-state index in [0.717, 1.165) is 22.4 Å². The van der Waals surface area contributed by atoms with E-state index >= 15 is 0 Å². The summed E-state index contributed by atoms with van der Waals surface area (Å²) >= 11 is 7.82. The van der Waals surface area contributed by atoms with E-state index in [1.54, 1.807) is 12.4 Å². The molecule has 0 fully saturated rings. The molecule has 1 atom stereocenters. The molecule has 4 rings (SSSR count). The summed E-state index contributed by atoms with van der Waals surface area (Å²) in [4.78, 5) is 4.10. The standard InChI is InChI=1S/C24H20ClN5S/c1-16-6-8-18(9-7-16)14-20(15-26)31-24-29-28-23(19-10-12-27-13-11-19)30(24)22-5-3-4-21(25)17(22)2/h3-13,20H,14H2,1-2H3. The second-order valence-electron chi connectivity index (χ2n) is 7.19. The number of nitriles is 1. The van der Waals surface area contributed by atoms with E-state index in [9.17, 15) is 5.26 Å². The van der Waals surface area contributed by atoms with Crippen LogP contribution in [0, 0.1) is 25.2 Å². The van der Waals surface area contributed by atoms with Crippen molar-refractivity contribution in [1.29, 1.82) is 5.26 Å². The number of nitrogens with zero attached hydrogens (tertiary/aromatic N) is 5. The van der Waals surface area contributed by atoms with Gasteiger partial charge in [-0.3, -0.25) is 9.55 Å². The quantitative estimate of drug-likeness (QED) is 0.349. The molecule has 154 valence electrons. The largest absolute Gasteiger partial charge is 0.270 e. The minimum Gasteiger partial charge on any atom is -0.270 e. The average Bonchev–Trinajstić information content (AvgIpc) is 3.20. The molecule has 0 N–H and O–H groups in total. The first-order valence-corrected chi connectivity index (χ1v) is 11.1. The van der Waals surface area contributed by atoms with Crippen LogP contribution < -0.4 is 0 Å². The average molecular weight is 446 g/mol. The Morgan fingerprint density at radius 3 is 2.48 bits per heavy atom. The molecule has 2 aromatic heterocycles. The predicted molar refractivity (Wildman–Crippen MR) is 124 cm³/mol. The van der Waals surface area contributed by atoms with Crippen molar-refractivity contribution >= 4 is 23.4 Å². The highest BCUT2D eigenvalue weighted by molar-refractivity contribution is 8.00. The SMILES string of the molecule is Cc1ccc(CC(C#N)Sc2nnc(-c3ccncc3)n2-c2cccc(Cl)c2C)cc1. The summed E-state index contributed by atoms with van der Waals surface area (Å²) in [5.74, 6) is 0.683. The number of rotatable bonds is 6. The van der Waals surface area contributed by atoms with Crippen molar-refractivity contribution < 1.29 is 0 Å². The lowest BCUT2D eigenvalue weighted by Crippen LogP contribution is -2.08. The maximum Gasteiger partial charge on any atom is 0.197 e. The molecule has 5 nitrogen and oxygen atoms in total. The number of thioether (sulfide) groups is 1. The Labute approximate surface area is 190 Å². The minimum atomic E-state index is -0.310. The van der Waals surface area contributed by atoms with Gasteiger partial charge in [0.2, 0.25) is 0 Å². The highest BCUT2D eigenvalue weighted by atomic mass is 35.5. The molecule has 7 heteroatoms. The van der Waals surface area contributed by atoms with E-state index in [4.69, 9.17) is 11.6 Å². The van der Waals surface area contributed by atoms with Crippen LogP contribution in [0.15, 0.2) is 72.1 Å². The van der Waals surface area contributed by atoms with E-state index in [-0.39, 0.29) is 5.25 Å². The second-order valence-corrected chi connectivity index (χ2v) is 8.76. The number of aryl methyl sites for hydroxylation is 1. The Kier molecular flexibility index (Phi) is 6.36. The molecular formula is C24H20ClN5S. The molecule has 0 saturated heterocycles. The Balaban J connectivity index is 1.75. The molecule has 0 aliphatic heterocycles. The number of hydrogen-bond acceptors (Lipinski definition) is 5. The van der Waals surface area contributed by atoms with Crippen LogP contribution in [-0.2, 0) is 6.42 Å². The number of pyridine rings is 1. The van der Waals surface area contributed by atoms with Crippen LogP contribution in [0.4, 0.5) is 0 Å². The van der Waals surface area contributed by atoms with Crippen molar-refractivity contribution in [1.82, 2.24) is 19.7 Å². The zero-order chi connectivity index (χ0) is 21.8. The predicted octanol–water partition coefficient (Wildman–Crippen LogP) is 5.83. The molecule has 2 heterocycles. The zero-order valence-electron chi connectivity index (χ0n) is 17.2. The van der Waals surface area contributed by atoms with Gasteiger partial charge in [0, 0.05) is 23.0 Å². The second kappa shape index (κ2) is 9.34. The molecular weight excluding hydrogens is 426 g/mol. The molecule has 0 radical (unpaired) electrons. The first-order chi connectivity index (χ1) is 15.1. The van der Waals surface area contributed by atoms with Crippen LogP contribution in [0.5, 0.6) is 0 Å². The molecule has 0 bridgehead atoms. The van der Waals surface area contributed by atoms with Crippen molar-refractivity contribution in [3.8, 4) is 23.1 Å². The topological polar surface area (TPSA) is 67.4 Å². The van der Waals surface area contributed by atoms with Crippen molar-refractivity contribution in [2.24, 2.45) is 0 Å². The molecule has 0 aliphatic carbocycles. The molecule has 2 aromatic carbocycles. The number of benzene rings is 2. The lowest BCUT2D eigenvalue weighted by Gasteiger charge is -2.15. The van der Waals surface area contributed by atoms with Crippen LogP contribution in [0.25, 0.3) is 17.1 Å². The first-order valence-electron chi connectivity index (χ1n) is 9.80. The summed E-state index contributed by atoms with van der Waals surface area (Å²) in [5.41, 5.74) is 5.01. The fourth-order valence-electron chi connectivity index (χ4n) is 3.27. The summed E-state index contributed by atoms with van der Waals surface area (Å²) in [6, 6.07) is 20.2. The summed E-state index contributed by atoms with van der Waals surface area (Å²) in [6.07, 6.45) is 4.07. The smallest absolute Gasteiger partial charge is 0.197 e. The number of halogens is 1. The van der Waals surface area contributed by atoms with Crippen LogP contribution in [0.3, 0.4) is 0 Å². The third kappa shape index (κ3) is 4.63. The van der Waals surface area contributed by atoms with E-state index < -0.39 is 0 Å². The van der Waals surface area contributed by atoms with Crippen LogP contribution in [0.2, 0.25) is 5.02 Å². The maximum absolute atomic E-state index is 9.83. The lowest BCUT2D eigenvalue weighted by molar-refractivity contribution is 0.872. The summed E-state index contributed by atoms with van der Waals surface area (Å²) < 4.78 is 1.97. The summed E-state index contributed by atoms with van der Waals surface area (Å²) in [5, 5.41) is 19.7. The Hall–Kier alpha value is -3.14. The van der Waals surface area contributed by atoms with E-state index in [1.807, 2.05) is 41.8 Å². The molecule has 0 spiro atoms. The number of hydrogen-bond donors (Lipinski definition) is 0. The summed E-state index contributed by atoms with van der Waals surface area (Å²) in [7, 11) is 0. The fourth-order valence-corrected chi connectivity index (χ4v) is 4.40. The Morgan fingerprint density at radius 1 is 1.03 bits per heavy atom. The van der Waals surface area contributed by atoms with E-state index in [0.29, 0.717) is 22.4 Å². The van der Waals surface area contributed by atoms with Gasteiger partial charge in [0.05, 0.1) is 11.8 Å². The third-order valence-corrected chi connectivity index (χ3v) is 6.43. The maximum atomic E-state index is 9.83. The van der Waals surface area contributed by atoms with Gasteiger partial charge < -0.3 is 0 Å². The molecule has 0 aliphatic rings. The van der Waals surface area contributed by atoms with E-state index in [2.05, 4.69) is 52.4 Å². The Bertz CT molecular complexity index is 1230. The van der Waals surface area contributed by atoms with Crippen molar-refractivity contribution in [3.05, 3.63) is 88.7 Å². The van der Waals surface area contributed by atoms with Gasteiger partial charge in [-0.1, -0.05) is 59.3 Å². The van der Waals surface area contributed by atoms with Gasteiger partial charge in [-0.05, 0) is 55.7 Å². The monoisotopic (exact) mass is 445 g/mol. The fraction of sp³-hybridized carbons (Fsp3) is 0.167. The molecule has 0 saturated carbocycles. The summed E-state index contributed by atoms with van der Waals surface area (Å²) in [6.45, 7) is 4.02. The normalized spacial score (nSPS) is 11.8. The van der Waals surface area contributed by atoms with E-state index in [1.165, 1.54) is 17.3 Å². The van der Waals surface area contributed by atoms with Crippen molar-refractivity contribution in [2.45, 2.75) is 30.7 Å². The van der Waals surface area contributed by atoms with Gasteiger partial charge in [0.25, 0.3) is 0 Å². The van der Waals surface area contributed by atoms with Gasteiger partial charge in [0.1, 0.15) is 5.25 Å². The van der Waals surface area contributed by atoms with Gasteiger partial charge in [-0.2, -0.15) is 5.26 Å². The molecule has 0 amide bonds. The van der Waals surface area contributed by atoms with Gasteiger partial charge in [0.15, 0.2) is 11.0 Å². The highest BCUT2D eigenvalue weighted by Gasteiger charge is 2.22. The minimum absolute atomic E-state index is 0.310. The van der Waals surface area contributed by atoms with Crippen LogP contribution >= 0.6 is 23.4 Å². The zero-order valence-corrected chi connectivity index (χ0v) is 18.7. The van der Waals surface area contributed by atoms with Gasteiger partial charge in [-0.25, -0.2) is 0 Å². The van der Waals surface area contributed by atoms with Gasteiger partial charge in [-0.15, -0.1) is 10.2 Å². The van der Waals surface area contributed by atoms with Crippen molar-refractivity contribution in [3.63, 3.8) is 0 Å². The molecule has 4 aromatic rings. The van der Waals surface area contributed by atoms with Gasteiger partial charge >= 0.3 is 0 Å². The van der Waals surface area contributed by atoms with Crippen molar-refractivity contribution in [2.75, 3.05) is 0 Å². The first kappa shape index (κ1) is 21.1. The number of aromatic nitrogens is 4. The molecule has 1 unspecified atom stereocenters. The van der Waals surface area contributed by atoms with Crippen LogP contribution in [-0.4, -0.2) is 25.0 Å².